The molecule has 2 heterocycles. The normalized spacial score (nSPS) is 20.5. The molecule has 5 rings (SSSR count). The number of carbonyl (C=O) groups is 2. The lowest BCUT2D eigenvalue weighted by atomic mass is 10.0. The summed E-state index contributed by atoms with van der Waals surface area (Å²) >= 11 is 1.33. The molecular formula is C32H36N4O4S. The third-order valence-corrected chi connectivity index (χ3v) is 8.58. The van der Waals surface area contributed by atoms with Crippen molar-refractivity contribution < 1.29 is 19.1 Å². The summed E-state index contributed by atoms with van der Waals surface area (Å²) in [5, 5.41) is 3.27. The van der Waals surface area contributed by atoms with Gasteiger partial charge in [-0.25, -0.2) is 4.98 Å². The van der Waals surface area contributed by atoms with E-state index in [0.29, 0.717) is 35.2 Å². The predicted molar refractivity (Wildman–Crippen MR) is 163 cm³/mol. The molecule has 1 aliphatic heterocycles. The van der Waals surface area contributed by atoms with Crippen molar-refractivity contribution in [3.05, 3.63) is 88.9 Å². The van der Waals surface area contributed by atoms with E-state index < -0.39 is 0 Å². The van der Waals surface area contributed by atoms with Gasteiger partial charge >= 0.3 is 0 Å². The average molecular weight is 573 g/mol. The molecule has 214 valence electrons. The predicted octanol–water partition coefficient (Wildman–Crippen LogP) is 5.55. The quantitative estimate of drug-likeness (QED) is 0.337. The van der Waals surface area contributed by atoms with Crippen LogP contribution in [0, 0.1) is 5.92 Å². The molecule has 0 unspecified atom stereocenters. The van der Waals surface area contributed by atoms with Crippen molar-refractivity contribution in [3.8, 4) is 5.75 Å². The van der Waals surface area contributed by atoms with Crippen molar-refractivity contribution in [3.63, 3.8) is 0 Å². The van der Waals surface area contributed by atoms with E-state index in [4.69, 9.17) is 9.47 Å². The van der Waals surface area contributed by atoms with E-state index in [1.54, 1.807) is 37.3 Å². The molecule has 0 aliphatic carbocycles. The molecule has 3 aromatic carbocycles. The van der Waals surface area contributed by atoms with Crippen molar-refractivity contribution in [1.82, 2.24) is 14.8 Å². The van der Waals surface area contributed by atoms with E-state index in [2.05, 4.69) is 53.3 Å². The Morgan fingerprint density at radius 3 is 2.59 bits per heavy atom. The van der Waals surface area contributed by atoms with Crippen LogP contribution < -0.4 is 10.1 Å². The van der Waals surface area contributed by atoms with E-state index in [1.807, 2.05) is 30.3 Å². The van der Waals surface area contributed by atoms with Crippen LogP contribution in [0.5, 0.6) is 5.75 Å². The topological polar surface area (TPSA) is 84.0 Å². The van der Waals surface area contributed by atoms with Crippen LogP contribution in [0.4, 0.5) is 5.69 Å². The van der Waals surface area contributed by atoms with Gasteiger partial charge in [0, 0.05) is 45.5 Å². The van der Waals surface area contributed by atoms with Crippen molar-refractivity contribution in [2.45, 2.75) is 32.5 Å². The molecule has 41 heavy (non-hydrogen) atoms. The number of thiazole rings is 1. The second-order valence-corrected chi connectivity index (χ2v) is 11.7. The summed E-state index contributed by atoms with van der Waals surface area (Å²) in [4.78, 5) is 35.3. The molecule has 2 amide bonds. The molecule has 1 N–H and O–H groups in total. The van der Waals surface area contributed by atoms with Gasteiger partial charge in [0.2, 0.25) is 0 Å². The van der Waals surface area contributed by atoms with Gasteiger partial charge in [-0.3, -0.25) is 14.5 Å². The second kappa shape index (κ2) is 12.8. The molecule has 0 saturated carbocycles. The first-order valence-electron chi connectivity index (χ1n) is 13.8. The van der Waals surface area contributed by atoms with Gasteiger partial charge in [0.15, 0.2) is 5.01 Å². The summed E-state index contributed by atoms with van der Waals surface area (Å²) in [6, 6.07) is 23.3. The maximum atomic E-state index is 13.7. The number of nitrogens with one attached hydrogen (secondary N) is 1. The Hall–Kier alpha value is -3.79. The number of benzene rings is 3. The van der Waals surface area contributed by atoms with Crippen molar-refractivity contribution >= 4 is 39.1 Å². The molecule has 8 nitrogen and oxygen atoms in total. The maximum absolute atomic E-state index is 13.7. The Labute approximate surface area is 244 Å². The summed E-state index contributed by atoms with van der Waals surface area (Å²) in [5.41, 5.74) is 2.90. The zero-order valence-electron chi connectivity index (χ0n) is 23.9. The number of likely N-dealkylation sites (N-methyl/N-ethyl adjacent to an activating group) is 1. The Bertz CT molecular complexity index is 1480. The Morgan fingerprint density at radius 2 is 1.83 bits per heavy atom. The third kappa shape index (κ3) is 6.75. The molecule has 0 radical (unpaired) electrons. The first kappa shape index (κ1) is 28.7. The van der Waals surface area contributed by atoms with E-state index in [0.717, 1.165) is 23.3 Å². The van der Waals surface area contributed by atoms with Gasteiger partial charge < -0.3 is 19.7 Å². The van der Waals surface area contributed by atoms with E-state index in [1.165, 1.54) is 16.9 Å². The van der Waals surface area contributed by atoms with Gasteiger partial charge in [-0.1, -0.05) is 49.4 Å². The van der Waals surface area contributed by atoms with Crippen LogP contribution in [0.15, 0.2) is 72.8 Å². The number of hydrogen-bond donors (Lipinski definition) is 1. The van der Waals surface area contributed by atoms with Crippen LogP contribution in [0.3, 0.4) is 0 Å². The summed E-state index contributed by atoms with van der Waals surface area (Å²) in [5.74, 6) is 0.132. The molecular weight excluding hydrogens is 536 g/mol. The SMILES string of the molecule is CO[C@@H]1CN(C)C(=O)c2cc(NC(=O)c3nc4ccccc4s3)ccc2OC[C@@H](C)N(Cc2ccccc2)C[C@H]1C. The van der Waals surface area contributed by atoms with Crippen LogP contribution in [0.25, 0.3) is 10.2 Å². The largest absolute Gasteiger partial charge is 0.491 e. The Balaban J connectivity index is 1.41. The standard InChI is InChI=1S/C32H36N4O4S/c1-21-17-36(18-23-10-6-5-7-11-23)22(2)20-40-27-15-14-24(16-25(27)32(38)35(3)19-28(21)39-4)33-30(37)31-34-26-12-8-9-13-29(26)41-31/h5-16,21-22,28H,17-20H2,1-4H3,(H,33,37)/t21-,22-,28-/m1/s1. The van der Waals surface area contributed by atoms with Crippen molar-refractivity contribution in [2.75, 3.05) is 39.2 Å². The molecule has 0 bridgehead atoms. The van der Waals surface area contributed by atoms with Gasteiger partial charge in [-0.2, -0.15) is 0 Å². The zero-order valence-corrected chi connectivity index (χ0v) is 24.7. The number of aromatic nitrogens is 1. The van der Waals surface area contributed by atoms with E-state index in [9.17, 15) is 9.59 Å². The number of amides is 2. The molecule has 1 aliphatic rings. The zero-order chi connectivity index (χ0) is 28.9. The minimum Gasteiger partial charge on any atom is -0.491 e. The lowest BCUT2D eigenvalue weighted by Crippen LogP contribution is -2.46. The smallest absolute Gasteiger partial charge is 0.284 e. The molecule has 0 saturated heterocycles. The monoisotopic (exact) mass is 572 g/mol. The highest BCUT2D eigenvalue weighted by Crippen LogP contribution is 2.28. The van der Waals surface area contributed by atoms with Gasteiger partial charge in [0.25, 0.3) is 11.8 Å². The first-order valence-corrected chi connectivity index (χ1v) is 14.6. The fraction of sp³-hybridized carbons (Fsp3) is 0.344. The highest BCUT2D eigenvalue weighted by atomic mass is 32.1. The Morgan fingerprint density at radius 1 is 1.07 bits per heavy atom. The lowest BCUT2D eigenvalue weighted by Gasteiger charge is -2.36. The number of rotatable bonds is 5. The van der Waals surface area contributed by atoms with Gasteiger partial charge in [-0.05, 0) is 48.7 Å². The summed E-state index contributed by atoms with van der Waals surface area (Å²) in [6.07, 6.45) is -0.153. The fourth-order valence-electron chi connectivity index (χ4n) is 5.12. The number of para-hydroxylation sites is 1. The summed E-state index contributed by atoms with van der Waals surface area (Å²) in [6.45, 7) is 6.70. The number of nitrogens with zero attached hydrogens (tertiary/aromatic N) is 3. The molecule has 1 aromatic heterocycles. The summed E-state index contributed by atoms with van der Waals surface area (Å²) < 4.78 is 13.1. The van der Waals surface area contributed by atoms with Gasteiger partial charge in [0.05, 0.1) is 21.9 Å². The van der Waals surface area contributed by atoms with Crippen LogP contribution in [0.2, 0.25) is 0 Å². The van der Waals surface area contributed by atoms with Crippen molar-refractivity contribution in [2.24, 2.45) is 5.92 Å². The summed E-state index contributed by atoms with van der Waals surface area (Å²) in [7, 11) is 3.47. The van der Waals surface area contributed by atoms with E-state index >= 15 is 0 Å². The molecule has 0 fully saturated rings. The molecule has 3 atom stereocenters. The van der Waals surface area contributed by atoms with Crippen LogP contribution in [-0.2, 0) is 11.3 Å². The molecule has 9 heteroatoms. The first-order chi connectivity index (χ1) is 19.8. The average Bonchev–Trinajstić information content (AvgIpc) is 3.43. The minimum absolute atomic E-state index is 0.0775. The van der Waals surface area contributed by atoms with Crippen LogP contribution in [0.1, 0.15) is 39.6 Å². The lowest BCUT2D eigenvalue weighted by molar-refractivity contribution is 0.00921. The van der Waals surface area contributed by atoms with Gasteiger partial charge in [-0.15, -0.1) is 11.3 Å². The number of fused-ring (bicyclic) bond motifs is 2. The highest BCUT2D eigenvalue weighted by molar-refractivity contribution is 7.20. The van der Waals surface area contributed by atoms with Crippen LogP contribution in [-0.4, -0.2) is 72.6 Å². The molecule has 4 aromatic rings. The number of carbonyl (C=O) groups excluding carboxylic acids is 2. The van der Waals surface area contributed by atoms with Gasteiger partial charge in [0.1, 0.15) is 12.4 Å². The highest BCUT2D eigenvalue weighted by Gasteiger charge is 2.28. The minimum atomic E-state index is -0.320. The number of ether oxygens (including phenoxy) is 2. The van der Waals surface area contributed by atoms with Crippen LogP contribution >= 0.6 is 11.3 Å². The fourth-order valence-corrected chi connectivity index (χ4v) is 5.98. The number of hydrogen-bond acceptors (Lipinski definition) is 7. The number of methoxy groups -OCH3 is 1. The van der Waals surface area contributed by atoms with Crippen molar-refractivity contribution in [1.29, 1.82) is 0 Å². The maximum Gasteiger partial charge on any atom is 0.284 e. The Kier molecular flexibility index (Phi) is 8.97. The number of anilines is 1. The molecule has 0 spiro atoms. The second-order valence-electron chi connectivity index (χ2n) is 10.7. The van der Waals surface area contributed by atoms with E-state index in [-0.39, 0.29) is 29.9 Å². The third-order valence-electron chi connectivity index (χ3n) is 7.55.